The van der Waals surface area contributed by atoms with E-state index in [9.17, 15) is 14.0 Å². The number of pyridine rings is 1. The third-order valence-electron chi connectivity index (χ3n) is 4.86. The highest BCUT2D eigenvalue weighted by Crippen LogP contribution is 2.25. The van der Waals surface area contributed by atoms with E-state index >= 15 is 0 Å². The summed E-state index contributed by atoms with van der Waals surface area (Å²) in [5.74, 6) is -1.23. The molecule has 1 aliphatic rings. The number of hydrogen-bond donors (Lipinski definition) is 2. The van der Waals surface area contributed by atoms with E-state index in [1.54, 1.807) is 6.20 Å². The van der Waals surface area contributed by atoms with Gasteiger partial charge in [-0.05, 0) is 42.9 Å². The molecule has 0 spiro atoms. The molecule has 0 radical (unpaired) electrons. The predicted molar refractivity (Wildman–Crippen MR) is 101 cm³/mol. The van der Waals surface area contributed by atoms with Crippen LogP contribution in [0.3, 0.4) is 0 Å². The summed E-state index contributed by atoms with van der Waals surface area (Å²) in [4.78, 5) is 29.8. The molecular weight excluding hydrogens is 349 g/mol. The second kappa shape index (κ2) is 9.78. The van der Waals surface area contributed by atoms with Gasteiger partial charge in [0.2, 0.25) is 5.91 Å². The average Bonchev–Trinajstić information content (AvgIpc) is 2.56. The summed E-state index contributed by atoms with van der Waals surface area (Å²) in [5, 5.41) is 11.5. The van der Waals surface area contributed by atoms with Crippen LogP contribution in [-0.4, -0.2) is 59.2 Å². The van der Waals surface area contributed by atoms with Crippen LogP contribution in [-0.2, 0) is 16.0 Å². The third kappa shape index (κ3) is 6.57. The Bertz CT molecular complexity index is 660. The number of rotatable bonds is 10. The minimum Gasteiger partial charge on any atom is -0.481 e. The number of halogens is 1. The molecule has 0 aromatic carbocycles. The van der Waals surface area contributed by atoms with Crippen LogP contribution >= 0.6 is 0 Å². The van der Waals surface area contributed by atoms with Crippen molar-refractivity contribution < 1.29 is 19.1 Å². The average molecular weight is 379 g/mol. The first-order valence-corrected chi connectivity index (χ1v) is 9.57. The van der Waals surface area contributed by atoms with Crippen LogP contribution in [0, 0.1) is 12.8 Å². The Labute approximate surface area is 160 Å². The van der Waals surface area contributed by atoms with E-state index in [1.165, 1.54) is 0 Å². The number of carbonyl (C=O) groups excluding carboxylic acids is 1. The molecule has 0 unspecified atom stereocenters. The van der Waals surface area contributed by atoms with Crippen LogP contribution < -0.4 is 5.32 Å². The largest absolute Gasteiger partial charge is 0.481 e. The molecule has 27 heavy (non-hydrogen) atoms. The summed E-state index contributed by atoms with van der Waals surface area (Å²) >= 11 is 0. The van der Waals surface area contributed by atoms with Crippen LogP contribution in [0.25, 0.3) is 0 Å². The van der Waals surface area contributed by atoms with Crippen molar-refractivity contribution in [1.82, 2.24) is 15.2 Å². The van der Waals surface area contributed by atoms with Crippen molar-refractivity contribution in [2.75, 3.05) is 26.2 Å². The lowest BCUT2D eigenvalue weighted by molar-refractivity contribution is -0.137. The molecule has 2 heterocycles. The van der Waals surface area contributed by atoms with E-state index in [4.69, 9.17) is 5.11 Å². The fraction of sp³-hybridized carbons (Fsp3) is 0.650. The number of carboxylic acid groups (broad SMARTS) is 1. The highest BCUT2D eigenvalue weighted by atomic mass is 19.1. The van der Waals surface area contributed by atoms with Gasteiger partial charge in [0.05, 0.1) is 18.0 Å². The summed E-state index contributed by atoms with van der Waals surface area (Å²) in [6.07, 6.45) is 2.42. The van der Waals surface area contributed by atoms with E-state index in [0.717, 1.165) is 24.1 Å². The molecule has 0 bridgehead atoms. The van der Waals surface area contributed by atoms with E-state index in [0.29, 0.717) is 31.1 Å². The Morgan fingerprint density at radius 2 is 2.11 bits per heavy atom. The highest BCUT2D eigenvalue weighted by Gasteiger charge is 2.26. The van der Waals surface area contributed by atoms with Gasteiger partial charge in [0, 0.05) is 32.4 Å². The van der Waals surface area contributed by atoms with Gasteiger partial charge in [-0.1, -0.05) is 13.8 Å². The van der Waals surface area contributed by atoms with Crippen LogP contribution in [0.1, 0.15) is 49.4 Å². The molecule has 1 aromatic heterocycles. The lowest BCUT2D eigenvalue weighted by atomic mass is 9.91. The number of nitrogens with one attached hydrogen (secondary N) is 1. The summed E-state index contributed by atoms with van der Waals surface area (Å²) in [5.41, 5.74) is 2.89. The molecule has 1 aromatic rings. The molecule has 1 fully saturated rings. The fourth-order valence-electron chi connectivity index (χ4n) is 3.26. The zero-order valence-corrected chi connectivity index (χ0v) is 16.4. The van der Waals surface area contributed by atoms with E-state index < -0.39 is 18.1 Å². The Kier molecular flexibility index (Phi) is 7.71. The van der Waals surface area contributed by atoms with Gasteiger partial charge in [-0.2, -0.15) is 0 Å². The van der Waals surface area contributed by atoms with E-state index in [-0.39, 0.29) is 18.9 Å². The van der Waals surface area contributed by atoms with Gasteiger partial charge in [-0.3, -0.25) is 19.5 Å². The van der Waals surface area contributed by atoms with Gasteiger partial charge in [0.1, 0.15) is 6.17 Å². The number of carboxylic acids is 1. The maximum absolute atomic E-state index is 13.0. The minimum atomic E-state index is -0.937. The van der Waals surface area contributed by atoms with Crippen molar-refractivity contribution in [1.29, 1.82) is 0 Å². The molecule has 1 saturated heterocycles. The topological polar surface area (TPSA) is 82.5 Å². The van der Waals surface area contributed by atoms with Gasteiger partial charge in [-0.25, -0.2) is 4.39 Å². The normalized spacial score (nSPS) is 16.2. The zero-order chi connectivity index (χ0) is 20.0. The van der Waals surface area contributed by atoms with Crippen LogP contribution in [0.15, 0.2) is 12.3 Å². The Balaban J connectivity index is 2.07. The van der Waals surface area contributed by atoms with Crippen LogP contribution in [0.4, 0.5) is 4.39 Å². The number of alkyl halides is 1. The number of likely N-dealkylation sites (tertiary alicyclic amines) is 1. The summed E-state index contributed by atoms with van der Waals surface area (Å²) in [6.45, 7) is 7.99. The van der Waals surface area contributed by atoms with E-state index in [1.807, 2.05) is 26.8 Å². The first-order valence-electron chi connectivity index (χ1n) is 9.57. The zero-order valence-electron chi connectivity index (χ0n) is 16.4. The molecule has 0 saturated carbocycles. The maximum Gasteiger partial charge on any atom is 0.305 e. The minimum absolute atomic E-state index is 0.0991. The summed E-state index contributed by atoms with van der Waals surface area (Å²) < 4.78 is 13.0. The molecule has 0 aliphatic carbocycles. The van der Waals surface area contributed by atoms with Gasteiger partial charge in [0.15, 0.2) is 0 Å². The molecule has 6 nitrogen and oxygen atoms in total. The maximum atomic E-state index is 13.0. The SMILES string of the molecule is Cc1cnc([C@@H](CC(C)C)C(=O)NCCC(=O)O)cc1CCN1CC(F)C1. The van der Waals surface area contributed by atoms with Crippen molar-refractivity contribution in [3.05, 3.63) is 29.1 Å². The molecule has 1 amide bonds. The van der Waals surface area contributed by atoms with E-state index in [2.05, 4.69) is 15.2 Å². The summed E-state index contributed by atoms with van der Waals surface area (Å²) in [7, 11) is 0. The molecule has 2 rings (SSSR count). The number of hydrogen-bond acceptors (Lipinski definition) is 4. The van der Waals surface area contributed by atoms with Crippen molar-refractivity contribution in [3.8, 4) is 0 Å². The summed E-state index contributed by atoms with van der Waals surface area (Å²) in [6, 6.07) is 1.98. The van der Waals surface area contributed by atoms with Gasteiger partial charge < -0.3 is 10.4 Å². The first-order chi connectivity index (χ1) is 12.8. The number of carbonyl (C=O) groups is 2. The predicted octanol–water partition coefficient (Wildman–Crippen LogP) is 2.31. The molecule has 150 valence electrons. The third-order valence-corrected chi connectivity index (χ3v) is 4.86. The second-order valence-corrected chi connectivity index (χ2v) is 7.76. The monoisotopic (exact) mass is 379 g/mol. The molecule has 7 heteroatoms. The Morgan fingerprint density at radius 3 is 2.70 bits per heavy atom. The number of aliphatic carboxylic acids is 1. The number of nitrogens with zero attached hydrogens (tertiary/aromatic N) is 2. The smallest absolute Gasteiger partial charge is 0.305 e. The quantitative estimate of drug-likeness (QED) is 0.652. The highest BCUT2D eigenvalue weighted by molar-refractivity contribution is 5.83. The number of amides is 1. The van der Waals surface area contributed by atoms with Gasteiger partial charge in [-0.15, -0.1) is 0 Å². The lowest BCUT2D eigenvalue weighted by Crippen LogP contribution is -2.48. The van der Waals surface area contributed by atoms with Gasteiger partial charge >= 0.3 is 5.97 Å². The lowest BCUT2D eigenvalue weighted by Gasteiger charge is -2.34. The van der Waals surface area contributed by atoms with Crippen molar-refractivity contribution in [2.24, 2.45) is 5.92 Å². The van der Waals surface area contributed by atoms with Crippen molar-refractivity contribution in [2.45, 2.75) is 52.1 Å². The molecule has 1 atom stereocenters. The standard InChI is InChI=1S/C20H30FN3O3/c1-13(2)8-17(20(27)22-6-4-19(25)26)18-9-15(14(3)10-23-18)5-7-24-11-16(21)12-24/h9-10,13,16-17H,4-8,11-12H2,1-3H3,(H,22,27)(H,25,26)/t17-/m1/s1. The molecule has 1 aliphatic heterocycles. The Morgan fingerprint density at radius 1 is 1.41 bits per heavy atom. The Hall–Kier alpha value is -2.02. The van der Waals surface area contributed by atoms with Crippen molar-refractivity contribution >= 4 is 11.9 Å². The van der Waals surface area contributed by atoms with Crippen LogP contribution in [0.5, 0.6) is 0 Å². The molecular formula is C20H30FN3O3. The second-order valence-electron chi connectivity index (χ2n) is 7.76. The first kappa shape index (κ1) is 21.3. The number of aryl methyl sites for hydroxylation is 1. The fourth-order valence-corrected chi connectivity index (χ4v) is 3.26. The number of aromatic nitrogens is 1. The van der Waals surface area contributed by atoms with Crippen molar-refractivity contribution in [3.63, 3.8) is 0 Å². The molecule has 2 N–H and O–H groups in total. The van der Waals surface area contributed by atoms with Gasteiger partial charge in [0.25, 0.3) is 0 Å². The van der Waals surface area contributed by atoms with Crippen LogP contribution in [0.2, 0.25) is 0 Å².